The minimum atomic E-state index is -0.377. The van der Waals surface area contributed by atoms with Gasteiger partial charge in [-0.15, -0.1) is 5.10 Å². The van der Waals surface area contributed by atoms with Gasteiger partial charge in [0.15, 0.2) is 11.6 Å². The van der Waals surface area contributed by atoms with Crippen LogP contribution in [-0.2, 0) is 6.42 Å². The average molecular weight is 453 g/mol. The molecule has 5 aromatic rings. The van der Waals surface area contributed by atoms with Crippen LogP contribution in [0.5, 0.6) is 5.75 Å². The van der Waals surface area contributed by atoms with E-state index in [0.29, 0.717) is 34.8 Å². The van der Waals surface area contributed by atoms with Crippen molar-refractivity contribution in [3.63, 3.8) is 0 Å². The number of pyridine rings is 1. The molecule has 0 saturated heterocycles. The molecule has 0 unspecified atom stereocenters. The van der Waals surface area contributed by atoms with Crippen molar-refractivity contribution in [1.82, 2.24) is 25.2 Å². The van der Waals surface area contributed by atoms with E-state index >= 15 is 0 Å². The van der Waals surface area contributed by atoms with Crippen LogP contribution in [0.25, 0.3) is 16.6 Å². The highest BCUT2D eigenvalue weighted by Gasteiger charge is 2.19. The van der Waals surface area contributed by atoms with Crippen molar-refractivity contribution in [2.24, 2.45) is 0 Å². The summed E-state index contributed by atoms with van der Waals surface area (Å²) >= 11 is 0. The van der Waals surface area contributed by atoms with E-state index in [2.05, 4.69) is 25.8 Å². The summed E-state index contributed by atoms with van der Waals surface area (Å²) < 4.78 is 6.97. The van der Waals surface area contributed by atoms with Crippen molar-refractivity contribution >= 4 is 27.8 Å². The fourth-order valence-electron chi connectivity index (χ4n) is 3.81. The molecule has 0 aliphatic rings. The minimum absolute atomic E-state index is 0.0155. The number of anilines is 2. The van der Waals surface area contributed by atoms with E-state index in [9.17, 15) is 10.1 Å². The number of nitrogens with zero attached hydrogens (tertiary/aromatic N) is 6. The third kappa shape index (κ3) is 3.99. The first-order valence-corrected chi connectivity index (χ1v) is 10.4. The summed E-state index contributed by atoms with van der Waals surface area (Å²) in [6.07, 6.45) is 2.05. The van der Waals surface area contributed by atoms with Crippen LogP contribution < -0.4 is 10.1 Å². The Bertz CT molecular complexity index is 1480. The van der Waals surface area contributed by atoms with Crippen LogP contribution in [0.1, 0.15) is 11.4 Å². The number of nitro benzene ring substituents is 1. The van der Waals surface area contributed by atoms with Gasteiger partial charge in [-0.1, -0.05) is 42.5 Å². The van der Waals surface area contributed by atoms with Crippen molar-refractivity contribution in [2.45, 2.75) is 6.42 Å². The maximum atomic E-state index is 11.8. The topological polar surface area (TPSA) is 121 Å². The molecule has 0 spiro atoms. The summed E-state index contributed by atoms with van der Waals surface area (Å²) in [5.74, 6) is 1.87. The Morgan fingerprint density at radius 1 is 1.03 bits per heavy atom. The van der Waals surface area contributed by atoms with Crippen LogP contribution in [-0.4, -0.2) is 37.2 Å². The van der Waals surface area contributed by atoms with Gasteiger partial charge in [0.25, 0.3) is 5.69 Å². The number of benzene rings is 3. The minimum Gasteiger partial charge on any atom is -0.496 e. The predicted molar refractivity (Wildman–Crippen MR) is 127 cm³/mol. The SMILES string of the molecule is COc1ccccc1Cc1nnnn1-c1ccc(Nc2ccc3ccccc3c2[N+](=O)[O-])cn1. The van der Waals surface area contributed by atoms with Crippen LogP contribution in [0.2, 0.25) is 0 Å². The summed E-state index contributed by atoms with van der Waals surface area (Å²) in [4.78, 5) is 15.9. The lowest BCUT2D eigenvalue weighted by Crippen LogP contribution is -2.07. The number of hydrogen-bond donors (Lipinski definition) is 1. The predicted octanol–water partition coefficient (Wildman–Crippen LogP) is 4.46. The molecule has 0 amide bonds. The van der Waals surface area contributed by atoms with Gasteiger partial charge in [0.05, 0.1) is 29.3 Å². The number of aromatic nitrogens is 5. The first-order valence-electron chi connectivity index (χ1n) is 10.4. The van der Waals surface area contributed by atoms with E-state index in [-0.39, 0.29) is 10.6 Å². The van der Waals surface area contributed by atoms with Crippen LogP contribution in [0.3, 0.4) is 0 Å². The molecule has 2 aromatic heterocycles. The normalized spacial score (nSPS) is 10.9. The number of nitro groups is 1. The van der Waals surface area contributed by atoms with Crippen LogP contribution in [0.4, 0.5) is 17.1 Å². The second-order valence-corrected chi connectivity index (χ2v) is 7.47. The number of para-hydroxylation sites is 1. The molecule has 0 aliphatic heterocycles. The molecule has 2 heterocycles. The fraction of sp³-hybridized carbons (Fsp3) is 0.0833. The van der Waals surface area contributed by atoms with Gasteiger partial charge < -0.3 is 10.1 Å². The van der Waals surface area contributed by atoms with Gasteiger partial charge in [0.2, 0.25) is 0 Å². The van der Waals surface area contributed by atoms with E-state index in [1.807, 2.05) is 42.5 Å². The maximum Gasteiger partial charge on any atom is 0.300 e. The lowest BCUT2D eigenvalue weighted by atomic mass is 10.1. The van der Waals surface area contributed by atoms with Gasteiger partial charge in [-0.3, -0.25) is 10.1 Å². The monoisotopic (exact) mass is 453 g/mol. The number of hydrogen-bond acceptors (Lipinski definition) is 8. The van der Waals surface area contributed by atoms with E-state index in [4.69, 9.17) is 4.74 Å². The number of rotatable bonds is 7. The smallest absolute Gasteiger partial charge is 0.300 e. The van der Waals surface area contributed by atoms with Crippen molar-refractivity contribution in [3.8, 4) is 11.6 Å². The molecule has 0 fully saturated rings. The fourth-order valence-corrected chi connectivity index (χ4v) is 3.81. The molecule has 0 radical (unpaired) electrons. The highest BCUT2D eigenvalue weighted by Crippen LogP contribution is 2.35. The molecule has 0 saturated carbocycles. The number of ether oxygens (including phenoxy) is 1. The summed E-state index contributed by atoms with van der Waals surface area (Å²) in [5, 5.41) is 28.2. The molecule has 3 aromatic carbocycles. The summed E-state index contributed by atoms with van der Waals surface area (Å²) in [6.45, 7) is 0. The summed E-state index contributed by atoms with van der Waals surface area (Å²) in [6, 6.07) is 21.9. The zero-order valence-electron chi connectivity index (χ0n) is 18.1. The first-order chi connectivity index (χ1) is 16.6. The van der Waals surface area contributed by atoms with Gasteiger partial charge in [0.1, 0.15) is 11.4 Å². The Morgan fingerprint density at radius 3 is 2.65 bits per heavy atom. The number of nitrogens with one attached hydrogen (secondary N) is 1. The van der Waals surface area contributed by atoms with Crippen molar-refractivity contribution in [1.29, 1.82) is 0 Å². The van der Waals surface area contributed by atoms with Gasteiger partial charge in [-0.05, 0) is 46.1 Å². The van der Waals surface area contributed by atoms with Crippen molar-refractivity contribution in [2.75, 3.05) is 12.4 Å². The van der Waals surface area contributed by atoms with Crippen molar-refractivity contribution in [3.05, 3.63) is 100 Å². The highest BCUT2D eigenvalue weighted by atomic mass is 16.6. The van der Waals surface area contributed by atoms with E-state index in [1.54, 1.807) is 48.3 Å². The third-order valence-electron chi connectivity index (χ3n) is 5.40. The lowest BCUT2D eigenvalue weighted by molar-refractivity contribution is -0.382. The average Bonchev–Trinajstić information content (AvgIpc) is 3.32. The quantitative estimate of drug-likeness (QED) is 0.283. The Hall–Kier alpha value is -4.86. The maximum absolute atomic E-state index is 11.8. The van der Waals surface area contributed by atoms with Crippen LogP contribution >= 0.6 is 0 Å². The number of methoxy groups -OCH3 is 1. The molecule has 0 atom stereocenters. The summed E-state index contributed by atoms with van der Waals surface area (Å²) in [7, 11) is 1.62. The van der Waals surface area contributed by atoms with Crippen LogP contribution in [0.15, 0.2) is 79.0 Å². The second-order valence-electron chi connectivity index (χ2n) is 7.47. The molecular weight excluding hydrogens is 434 g/mol. The largest absolute Gasteiger partial charge is 0.496 e. The molecule has 10 heteroatoms. The summed E-state index contributed by atoms with van der Waals surface area (Å²) in [5.41, 5.74) is 1.95. The number of tetrazole rings is 1. The van der Waals surface area contributed by atoms with Gasteiger partial charge >= 0.3 is 0 Å². The van der Waals surface area contributed by atoms with E-state index in [1.165, 1.54) is 0 Å². The van der Waals surface area contributed by atoms with Gasteiger partial charge in [0, 0.05) is 12.0 Å². The zero-order chi connectivity index (χ0) is 23.5. The van der Waals surface area contributed by atoms with Gasteiger partial charge in [-0.2, -0.15) is 4.68 Å². The molecule has 168 valence electrons. The van der Waals surface area contributed by atoms with E-state index < -0.39 is 0 Å². The third-order valence-corrected chi connectivity index (χ3v) is 5.40. The van der Waals surface area contributed by atoms with Gasteiger partial charge in [-0.25, -0.2) is 4.98 Å². The molecular formula is C24H19N7O3. The molecule has 0 bridgehead atoms. The van der Waals surface area contributed by atoms with E-state index in [0.717, 1.165) is 16.7 Å². The Kier molecular flexibility index (Phi) is 5.53. The highest BCUT2D eigenvalue weighted by molar-refractivity contribution is 5.97. The lowest BCUT2D eigenvalue weighted by Gasteiger charge is -2.10. The van der Waals surface area contributed by atoms with Crippen molar-refractivity contribution < 1.29 is 9.66 Å². The molecule has 0 aliphatic carbocycles. The van der Waals surface area contributed by atoms with Crippen LogP contribution in [0, 0.1) is 10.1 Å². The molecule has 34 heavy (non-hydrogen) atoms. The standard InChI is InChI=1S/C24H19N7O3/c1-34-21-9-5-3-7-17(21)14-23-27-28-29-30(23)22-13-11-18(15-25-22)26-20-12-10-16-6-2-4-8-19(16)24(20)31(32)33/h2-13,15,26H,14H2,1H3. The Morgan fingerprint density at radius 2 is 1.85 bits per heavy atom. The zero-order valence-corrected chi connectivity index (χ0v) is 18.1. The number of fused-ring (bicyclic) bond motifs is 1. The second kappa shape index (κ2) is 8.94. The molecule has 1 N–H and O–H groups in total. The molecule has 10 nitrogen and oxygen atoms in total. The Labute approximate surface area is 194 Å². The molecule has 5 rings (SSSR count). The Balaban J connectivity index is 1.41. The first kappa shape index (κ1) is 21.0.